The number of fused-ring (bicyclic) bond motifs is 1. The summed E-state index contributed by atoms with van der Waals surface area (Å²) in [6.07, 6.45) is 0. The topological polar surface area (TPSA) is 76.0 Å². The molecule has 0 aliphatic carbocycles. The fourth-order valence-corrected chi connectivity index (χ4v) is 6.75. The molecule has 9 heteroatoms. The first-order valence-corrected chi connectivity index (χ1v) is 10.1. The molecule has 2 atom stereocenters. The molecule has 124 valence electrons. The van der Waals surface area contributed by atoms with Crippen LogP contribution in [0.5, 0.6) is 5.75 Å². The van der Waals surface area contributed by atoms with Gasteiger partial charge in [-0.15, -0.1) is 11.6 Å². The number of anilines is 1. The van der Waals surface area contributed by atoms with Crippen LogP contribution >= 0.6 is 23.4 Å². The van der Waals surface area contributed by atoms with Crippen molar-refractivity contribution in [1.29, 1.82) is 0 Å². The number of hydrogen-bond donors (Lipinski definition) is 0. The number of halogens is 1. The lowest BCUT2D eigenvalue weighted by atomic mass is 10.2. The summed E-state index contributed by atoms with van der Waals surface area (Å²) in [4.78, 5) is 17.5. The number of amides is 1. The van der Waals surface area contributed by atoms with Gasteiger partial charge in [-0.2, -0.15) is 4.99 Å². The Morgan fingerprint density at radius 3 is 2.96 bits per heavy atom. The molecule has 0 aromatic heterocycles. The molecule has 0 unspecified atom stereocenters. The standard InChI is InChI=1S/C14H15ClN2O4S2/c1-21-10-4-2-3-9(5-10)17-11-7-23(19,20)8-12(11)22-14(17)16-13(18)6-15/h2-5,11-12H,6-8H2,1H3/t11-,12-/m0/s1. The average molecular weight is 375 g/mol. The van der Waals surface area contributed by atoms with Crippen molar-refractivity contribution in [2.75, 3.05) is 29.4 Å². The zero-order chi connectivity index (χ0) is 16.6. The Kier molecular flexibility index (Phi) is 4.57. The summed E-state index contributed by atoms with van der Waals surface area (Å²) in [5, 5.41) is 0.363. The van der Waals surface area contributed by atoms with Crippen LogP contribution in [0.1, 0.15) is 0 Å². The molecule has 3 rings (SSSR count). The number of thioether (sulfide) groups is 1. The van der Waals surface area contributed by atoms with E-state index in [0.29, 0.717) is 10.9 Å². The largest absolute Gasteiger partial charge is 0.497 e. The Morgan fingerprint density at radius 2 is 2.26 bits per heavy atom. The molecule has 2 aliphatic heterocycles. The number of carbonyl (C=O) groups excluding carboxylic acids is 1. The van der Waals surface area contributed by atoms with Crippen molar-refractivity contribution in [3.05, 3.63) is 24.3 Å². The molecule has 2 fully saturated rings. The monoisotopic (exact) mass is 374 g/mol. The normalized spacial score (nSPS) is 27.2. The number of ether oxygens (including phenoxy) is 1. The molecule has 0 spiro atoms. The van der Waals surface area contributed by atoms with Crippen molar-refractivity contribution < 1.29 is 17.9 Å². The van der Waals surface area contributed by atoms with Crippen LogP contribution in [-0.4, -0.2) is 55.3 Å². The van der Waals surface area contributed by atoms with Gasteiger partial charge in [0.1, 0.15) is 11.6 Å². The molecule has 0 radical (unpaired) electrons. The van der Waals surface area contributed by atoms with Gasteiger partial charge in [-0.3, -0.25) is 4.79 Å². The van der Waals surface area contributed by atoms with Gasteiger partial charge in [0.2, 0.25) is 0 Å². The Labute approximate surface area is 143 Å². The fourth-order valence-electron chi connectivity index (χ4n) is 2.76. The molecule has 1 aromatic carbocycles. The van der Waals surface area contributed by atoms with E-state index < -0.39 is 15.7 Å². The summed E-state index contributed by atoms with van der Waals surface area (Å²) in [5.41, 5.74) is 0.752. The quantitative estimate of drug-likeness (QED) is 0.747. The van der Waals surface area contributed by atoms with Crippen molar-refractivity contribution in [3.8, 4) is 5.75 Å². The summed E-state index contributed by atoms with van der Waals surface area (Å²) in [6, 6.07) is 7.03. The van der Waals surface area contributed by atoms with E-state index in [0.717, 1.165) is 5.69 Å². The number of benzene rings is 1. The van der Waals surface area contributed by atoms with Crippen LogP contribution in [0, 0.1) is 0 Å². The molecule has 0 N–H and O–H groups in total. The maximum atomic E-state index is 11.9. The zero-order valence-corrected chi connectivity index (χ0v) is 14.7. The highest BCUT2D eigenvalue weighted by Gasteiger charge is 2.49. The zero-order valence-electron chi connectivity index (χ0n) is 12.3. The second kappa shape index (κ2) is 6.33. The van der Waals surface area contributed by atoms with Crippen LogP contribution in [0.4, 0.5) is 5.69 Å². The van der Waals surface area contributed by atoms with E-state index in [1.165, 1.54) is 11.8 Å². The molecule has 23 heavy (non-hydrogen) atoms. The number of carbonyl (C=O) groups is 1. The first-order chi connectivity index (χ1) is 10.9. The van der Waals surface area contributed by atoms with E-state index >= 15 is 0 Å². The van der Waals surface area contributed by atoms with Gasteiger partial charge in [-0.1, -0.05) is 17.8 Å². The van der Waals surface area contributed by atoms with Gasteiger partial charge in [-0.25, -0.2) is 8.42 Å². The van der Waals surface area contributed by atoms with Crippen molar-refractivity contribution in [2.24, 2.45) is 4.99 Å². The highest BCUT2D eigenvalue weighted by molar-refractivity contribution is 8.16. The van der Waals surface area contributed by atoms with Crippen LogP contribution < -0.4 is 9.64 Å². The number of methoxy groups -OCH3 is 1. The number of amidine groups is 1. The van der Waals surface area contributed by atoms with Gasteiger partial charge >= 0.3 is 0 Å². The van der Waals surface area contributed by atoms with E-state index in [9.17, 15) is 13.2 Å². The maximum absolute atomic E-state index is 11.9. The average Bonchev–Trinajstić information content (AvgIpc) is 2.97. The van der Waals surface area contributed by atoms with Crippen LogP contribution in [0.2, 0.25) is 0 Å². The van der Waals surface area contributed by atoms with Crippen molar-refractivity contribution >= 4 is 50.0 Å². The van der Waals surface area contributed by atoms with Gasteiger partial charge in [0.05, 0.1) is 24.7 Å². The molecule has 0 bridgehead atoms. The summed E-state index contributed by atoms with van der Waals surface area (Å²) < 4.78 is 29.1. The van der Waals surface area contributed by atoms with Crippen molar-refractivity contribution in [2.45, 2.75) is 11.3 Å². The van der Waals surface area contributed by atoms with E-state index in [2.05, 4.69) is 4.99 Å². The smallest absolute Gasteiger partial charge is 0.262 e. The lowest BCUT2D eigenvalue weighted by Gasteiger charge is -2.24. The fraction of sp³-hybridized carbons (Fsp3) is 0.429. The molecule has 1 aromatic rings. The molecule has 1 amide bonds. The Hall–Kier alpha value is -1.25. The SMILES string of the molecule is COc1cccc(N2C(=NC(=O)CCl)S[C@H]3CS(=O)(=O)C[C@@H]32)c1. The predicted molar refractivity (Wildman–Crippen MR) is 92.5 cm³/mol. The van der Waals surface area contributed by atoms with Gasteiger partial charge in [0.15, 0.2) is 15.0 Å². The van der Waals surface area contributed by atoms with Gasteiger partial charge in [-0.05, 0) is 12.1 Å². The Bertz CT molecular complexity index is 766. The molecular formula is C14H15ClN2O4S2. The molecular weight excluding hydrogens is 360 g/mol. The van der Waals surface area contributed by atoms with Gasteiger partial charge in [0.25, 0.3) is 5.91 Å². The Balaban J connectivity index is 2.02. The van der Waals surface area contributed by atoms with E-state index in [4.69, 9.17) is 16.3 Å². The summed E-state index contributed by atoms with van der Waals surface area (Å²) in [6.45, 7) is 0. The van der Waals surface area contributed by atoms with E-state index in [-0.39, 0.29) is 28.7 Å². The maximum Gasteiger partial charge on any atom is 0.262 e. The van der Waals surface area contributed by atoms with Crippen LogP contribution in [0.15, 0.2) is 29.3 Å². The lowest BCUT2D eigenvalue weighted by Crippen LogP contribution is -2.37. The van der Waals surface area contributed by atoms with Gasteiger partial charge in [0, 0.05) is 17.0 Å². The molecule has 2 aliphatic rings. The Morgan fingerprint density at radius 1 is 1.48 bits per heavy atom. The summed E-state index contributed by atoms with van der Waals surface area (Å²) >= 11 is 6.86. The highest BCUT2D eigenvalue weighted by Crippen LogP contribution is 2.41. The molecule has 0 saturated carbocycles. The summed E-state index contributed by atoms with van der Waals surface area (Å²) in [5.74, 6) is 0.154. The number of rotatable bonds is 3. The van der Waals surface area contributed by atoms with Crippen LogP contribution in [0.25, 0.3) is 0 Å². The second-order valence-corrected chi connectivity index (χ2v) is 8.92. The third kappa shape index (κ3) is 3.34. The number of aliphatic imine (C=N–C) groups is 1. The first kappa shape index (κ1) is 16.6. The van der Waals surface area contributed by atoms with E-state index in [1.807, 2.05) is 17.0 Å². The third-order valence-electron chi connectivity index (χ3n) is 3.73. The first-order valence-electron chi connectivity index (χ1n) is 6.91. The minimum Gasteiger partial charge on any atom is -0.497 e. The minimum atomic E-state index is -3.08. The summed E-state index contributed by atoms with van der Waals surface area (Å²) in [7, 11) is -1.52. The number of hydrogen-bond acceptors (Lipinski definition) is 5. The molecule has 6 nitrogen and oxygen atoms in total. The highest BCUT2D eigenvalue weighted by atomic mass is 35.5. The number of nitrogens with zero attached hydrogens (tertiary/aromatic N) is 2. The predicted octanol–water partition coefficient (Wildman–Crippen LogP) is 1.54. The van der Waals surface area contributed by atoms with E-state index in [1.54, 1.807) is 19.2 Å². The third-order valence-corrected chi connectivity index (χ3v) is 7.17. The van der Waals surface area contributed by atoms with Crippen LogP contribution in [-0.2, 0) is 14.6 Å². The van der Waals surface area contributed by atoms with Crippen molar-refractivity contribution in [1.82, 2.24) is 0 Å². The number of alkyl halides is 1. The lowest BCUT2D eigenvalue weighted by molar-refractivity contribution is -0.115. The second-order valence-electron chi connectivity index (χ2n) is 5.29. The van der Waals surface area contributed by atoms with Crippen molar-refractivity contribution in [3.63, 3.8) is 0 Å². The number of sulfone groups is 1. The van der Waals surface area contributed by atoms with Crippen LogP contribution in [0.3, 0.4) is 0 Å². The van der Waals surface area contributed by atoms with Gasteiger partial charge < -0.3 is 9.64 Å². The molecule has 2 heterocycles. The molecule has 2 saturated heterocycles. The minimum absolute atomic E-state index is 0.0515.